The number of hydrogen-bond acceptors (Lipinski definition) is 3. The number of piperidine rings is 1. The van der Waals surface area contributed by atoms with Gasteiger partial charge in [0.25, 0.3) is 0 Å². The number of nitrogens with one attached hydrogen (secondary N) is 1. The molecular formula is C21H26N4O. The van der Waals surface area contributed by atoms with Gasteiger partial charge in [0.1, 0.15) is 0 Å². The molecule has 2 saturated heterocycles. The summed E-state index contributed by atoms with van der Waals surface area (Å²) in [6.07, 6.45) is 10.8. The Bertz CT molecular complexity index is 746. The molecule has 2 aromatic rings. The van der Waals surface area contributed by atoms with E-state index in [2.05, 4.69) is 39.2 Å². The Labute approximate surface area is 154 Å². The lowest BCUT2D eigenvalue weighted by molar-refractivity contribution is -0.127. The number of rotatable bonds is 5. The highest BCUT2D eigenvalue weighted by atomic mass is 16.2. The van der Waals surface area contributed by atoms with Crippen LogP contribution in [-0.4, -0.2) is 51.9 Å². The Morgan fingerprint density at radius 3 is 2.73 bits per heavy atom. The molecule has 1 aromatic carbocycles. The summed E-state index contributed by atoms with van der Waals surface area (Å²) in [6.45, 7) is 4.66. The first-order chi connectivity index (χ1) is 12.7. The van der Waals surface area contributed by atoms with E-state index in [0.29, 0.717) is 18.9 Å². The van der Waals surface area contributed by atoms with Crippen LogP contribution in [0.1, 0.15) is 30.5 Å². The molecule has 0 aliphatic carbocycles. The molecule has 0 atom stereocenters. The quantitative estimate of drug-likeness (QED) is 0.902. The minimum absolute atomic E-state index is 0.183. The predicted octanol–water partition coefficient (Wildman–Crippen LogP) is 2.94. The van der Waals surface area contributed by atoms with E-state index >= 15 is 0 Å². The van der Waals surface area contributed by atoms with Gasteiger partial charge in [-0.2, -0.15) is 0 Å². The summed E-state index contributed by atoms with van der Waals surface area (Å²) < 4.78 is 0. The number of amides is 1. The highest BCUT2D eigenvalue weighted by Gasteiger charge is 2.44. The van der Waals surface area contributed by atoms with Gasteiger partial charge in [-0.15, -0.1) is 0 Å². The highest BCUT2D eigenvalue weighted by Crippen LogP contribution is 2.41. The molecule has 0 radical (unpaired) electrons. The number of carbonyl (C=O) groups excluding carboxylic acids is 1. The Morgan fingerprint density at radius 2 is 2.00 bits per heavy atom. The Kier molecular flexibility index (Phi) is 4.89. The van der Waals surface area contributed by atoms with E-state index in [1.807, 2.05) is 29.3 Å². The maximum Gasteiger partial charge on any atom is 0.223 e. The normalized spacial score (nSPS) is 20.5. The largest absolute Gasteiger partial charge is 0.347 e. The first-order valence-corrected chi connectivity index (χ1v) is 9.41. The number of aromatic amines is 1. The zero-order valence-electron chi connectivity index (χ0n) is 15.1. The zero-order chi connectivity index (χ0) is 17.8. The van der Waals surface area contributed by atoms with E-state index in [1.165, 1.54) is 5.56 Å². The number of aromatic nitrogens is 2. The summed E-state index contributed by atoms with van der Waals surface area (Å²) in [5.74, 6) is 0.310. The van der Waals surface area contributed by atoms with Crippen molar-refractivity contribution >= 4 is 12.0 Å². The van der Waals surface area contributed by atoms with Crippen molar-refractivity contribution in [3.8, 4) is 0 Å². The average molecular weight is 350 g/mol. The molecule has 5 nitrogen and oxygen atoms in total. The molecule has 136 valence electrons. The monoisotopic (exact) mass is 350 g/mol. The molecule has 0 saturated carbocycles. The fourth-order valence-electron chi connectivity index (χ4n) is 4.16. The van der Waals surface area contributed by atoms with E-state index in [9.17, 15) is 4.79 Å². The summed E-state index contributed by atoms with van der Waals surface area (Å²) in [5, 5.41) is 0. The fourth-order valence-corrected chi connectivity index (χ4v) is 4.16. The van der Waals surface area contributed by atoms with Gasteiger partial charge in [0.15, 0.2) is 0 Å². The smallest absolute Gasteiger partial charge is 0.223 e. The molecule has 3 heterocycles. The maximum absolute atomic E-state index is 12.5. The lowest BCUT2D eigenvalue weighted by Gasteiger charge is -2.38. The number of likely N-dealkylation sites (tertiary alicyclic amines) is 2. The third-order valence-corrected chi connectivity index (χ3v) is 5.71. The van der Waals surface area contributed by atoms with Gasteiger partial charge in [0, 0.05) is 37.9 Å². The van der Waals surface area contributed by atoms with Crippen LogP contribution in [0.5, 0.6) is 0 Å². The molecule has 2 aliphatic rings. The third kappa shape index (κ3) is 3.88. The van der Waals surface area contributed by atoms with Crippen molar-refractivity contribution in [3.63, 3.8) is 0 Å². The molecule has 0 unspecified atom stereocenters. The second kappa shape index (κ2) is 7.46. The predicted molar refractivity (Wildman–Crippen MR) is 102 cm³/mol. The van der Waals surface area contributed by atoms with Crippen molar-refractivity contribution in [1.29, 1.82) is 0 Å². The molecular weight excluding hydrogens is 324 g/mol. The van der Waals surface area contributed by atoms with Gasteiger partial charge in [0.2, 0.25) is 5.91 Å². The molecule has 1 amide bonds. The summed E-state index contributed by atoms with van der Waals surface area (Å²) in [7, 11) is 0. The Morgan fingerprint density at radius 1 is 1.19 bits per heavy atom. The Balaban J connectivity index is 1.29. The SMILES string of the molecule is O=C1CC2(CCN(Cc3cnc[nH]3)CC2)CN1CC=Cc1ccccc1. The first-order valence-electron chi connectivity index (χ1n) is 9.41. The van der Waals surface area contributed by atoms with Crippen LogP contribution >= 0.6 is 0 Å². The summed E-state index contributed by atoms with van der Waals surface area (Å²) in [5.41, 5.74) is 2.53. The van der Waals surface area contributed by atoms with Crippen molar-refractivity contribution in [1.82, 2.24) is 19.8 Å². The van der Waals surface area contributed by atoms with E-state index in [0.717, 1.165) is 44.7 Å². The van der Waals surface area contributed by atoms with Gasteiger partial charge in [-0.3, -0.25) is 9.69 Å². The lowest BCUT2D eigenvalue weighted by atomic mass is 9.77. The van der Waals surface area contributed by atoms with Crippen LogP contribution in [0.4, 0.5) is 0 Å². The first kappa shape index (κ1) is 17.0. The summed E-state index contributed by atoms with van der Waals surface area (Å²) in [6, 6.07) is 10.3. The van der Waals surface area contributed by atoms with Crippen LogP contribution < -0.4 is 0 Å². The lowest BCUT2D eigenvalue weighted by Crippen LogP contribution is -2.41. The van der Waals surface area contributed by atoms with E-state index in [1.54, 1.807) is 6.33 Å². The summed E-state index contributed by atoms with van der Waals surface area (Å²) in [4.78, 5) is 24.2. The van der Waals surface area contributed by atoms with Crippen molar-refractivity contribution in [2.24, 2.45) is 5.41 Å². The van der Waals surface area contributed by atoms with Crippen LogP contribution in [0.2, 0.25) is 0 Å². The molecule has 2 fully saturated rings. The van der Waals surface area contributed by atoms with Crippen LogP contribution in [0.15, 0.2) is 48.9 Å². The molecule has 26 heavy (non-hydrogen) atoms. The van der Waals surface area contributed by atoms with E-state index in [4.69, 9.17) is 0 Å². The molecule has 5 heteroatoms. The van der Waals surface area contributed by atoms with Gasteiger partial charge in [-0.05, 0) is 36.9 Å². The highest BCUT2D eigenvalue weighted by molar-refractivity contribution is 5.79. The Hall–Kier alpha value is -2.40. The molecule has 1 N–H and O–H groups in total. The second-order valence-corrected chi connectivity index (χ2v) is 7.62. The summed E-state index contributed by atoms with van der Waals surface area (Å²) >= 11 is 0. The number of nitrogens with zero attached hydrogens (tertiary/aromatic N) is 3. The number of benzene rings is 1. The average Bonchev–Trinajstić information content (AvgIpc) is 3.27. The number of imidazole rings is 1. The van der Waals surface area contributed by atoms with Crippen LogP contribution in [0.25, 0.3) is 6.08 Å². The van der Waals surface area contributed by atoms with Crippen LogP contribution in [0, 0.1) is 5.41 Å². The molecule has 4 rings (SSSR count). The van der Waals surface area contributed by atoms with Crippen molar-refractivity contribution in [2.75, 3.05) is 26.2 Å². The van der Waals surface area contributed by atoms with Crippen molar-refractivity contribution < 1.29 is 4.79 Å². The second-order valence-electron chi connectivity index (χ2n) is 7.62. The van der Waals surface area contributed by atoms with Gasteiger partial charge in [0.05, 0.1) is 6.33 Å². The topological polar surface area (TPSA) is 52.2 Å². The standard InChI is InChI=1S/C21H26N4O/c26-20-13-21(8-11-24(12-9-21)15-19-14-22-17-23-19)16-25(20)10-4-7-18-5-2-1-3-6-18/h1-7,14,17H,8-13,15-16H2,(H,22,23). The van der Waals surface area contributed by atoms with Gasteiger partial charge < -0.3 is 9.88 Å². The molecule has 1 spiro atoms. The third-order valence-electron chi connectivity index (χ3n) is 5.71. The van der Waals surface area contributed by atoms with Crippen LogP contribution in [-0.2, 0) is 11.3 Å². The fraction of sp³-hybridized carbons (Fsp3) is 0.429. The zero-order valence-corrected chi connectivity index (χ0v) is 15.1. The number of carbonyl (C=O) groups is 1. The van der Waals surface area contributed by atoms with Crippen LogP contribution in [0.3, 0.4) is 0 Å². The van der Waals surface area contributed by atoms with E-state index < -0.39 is 0 Å². The van der Waals surface area contributed by atoms with Crippen molar-refractivity contribution in [3.05, 3.63) is 60.2 Å². The van der Waals surface area contributed by atoms with Gasteiger partial charge in [-0.1, -0.05) is 42.5 Å². The number of hydrogen-bond donors (Lipinski definition) is 1. The molecule has 1 aromatic heterocycles. The minimum atomic E-state index is 0.183. The minimum Gasteiger partial charge on any atom is -0.347 e. The van der Waals surface area contributed by atoms with Gasteiger partial charge >= 0.3 is 0 Å². The van der Waals surface area contributed by atoms with Gasteiger partial charge in [-0.25, -0.2) is 4.98 Å². The molecule has 2 aliphatic heterocycles. The van der Waals surface area contributed by atoms with Crippen molar-refractivity contribution in [2.45, 2.75) is 25.8 Å². The molecule has 0 bridgehead atoms. The number of H-pyrrole nitrogens is 1. The van der Waals surface area contributed by atoms with E-state index in [-0.39, 0.29) is 5.41 Å². The maximum atomic E-state index is 12.5.